The summed E-state index contributed by atoms with van der Waals surface area (Å²) in [5, 5.41) is 2.54. The minimum atomic E-state index is -3.37. The van der Waals surface area contributed by atoms with Gasteiger partial charge in [-0.3, -0.25) is 0 Å². The van der Waals surface area contributed by atoms with Crippen molar-refractivity contribution in [1.82, 2.24) is 10.0 Å². The summed E-state index contributed by atoms with van der Waals surface area (Å²) in [5.74, 6) is -0.0248. The van der Waals surface area contributed by atoms with E-state index in [0.717, 1.165) is 13.0 Å². The van der Waals surface area contributed by atoms with E-state index in [0.29, 0.717) is 6.54 Å². The molecule has 2 aliphatic rings. The minimum Gasteiger partial charge on any atom is -0.315 e. The summed E-state index contributed by atoms with van der Waals surface area (Å²) >= 11 is 0. The molecule has 0 aliphatic carbocycles. The van der Waals surface area contributed by atoms with Crippen molar-refractivity contribution < 1.29 is 16.8 Å². The van der Waals surface area contributed by atoms with Gasteiger partial charge in [-0.15, -0.1) is 0 Å². The lowest BCUT2D eigenvalue weighted by Crippen LogP contribution is -2.44. The number of sulfone groups is 1. The molecule has 0 amide bonds. The smallest absolute Gasteiger partial charge is 0.214 e. The largest absolute Gasteiger partial charge is 0.315 e. The van der Waals surface area contributed by atoms with Crippen LogP contribution in [0, 0.1) is 0 Å². The summed E-state index contributed by atoms with van der Waals surface area (Å²) in [6.07, 6.45) is 1.24. The van der Waals surface area contributed by atoms with Gasteiger partial charge in [-0.2, -0.15) is 0 Å². The maximum atomic E-state index is 12.0. The first kappa shape index (κ1) is 13.3. The molecule has 2 aliphatic heterocycles. The van der Waals surface area contributed by atoms with Gasteiger partial charge in [0, 0.05) is 12.6 Å². The van der Waals surface area contributed by atoms with Gasteiger partial charge in [0.05, 0.1) is 16.8 Å². The fourth-order valence-electron chi connectivity index (χ4n) is 2.26. The molecule has 2 N–H and O–H groups in total. The lowest BCUT2D eigenvalue weighted by atomic mass is 10.2. The van der Waals surface area contributed by atoms with Crippen LogP contribution in [-0.2, 0) is 19.9 Å². The van der Waals surface area contributed by atoms with E-state index in [2.05, 4.69) is 10.0 Å². The average molecular weight is 282 g/mol. The Morgan fingerprint density at radius 3 is 2.29 bits per heavy atom. The lowest BCUT2D eigenvalue weighted by Gasteiger charge is -2.23. The zero-order chi connectivity index (χ0) is 12.5. The van der Waals surface area contributed by atoms with E-state index < -0.39 is 25.1 Å². The highest BCUT2D eigenvalue weighted by Gasteiger charge is 2.34. The SMILES string of the molecule is O=S1(=O)CCC(S(=O)(=O)NC2CCNC2)CC1. The molecule has 1 unspecified atom stereocenters. The van der Waals surface area contributed by atoms with E-state index in [9.17, 15) is 16.8 Å². The predicted molar refractivity (Wildman–Crippen MR) is 65.0 cm³/mol. The minimum absolute atomic E-state index is 0.0124. The summed E-state index contributed by atoms with van der Waals surface area (Å²) in [7, 11) is -6.38. The summed E-state index contributed by atoms with van der Waals surface area (Å²) in [6.45, 7) is 1.48. The third kappa shape index (κ3) is 3.40. The van der Waals surface area contributed by atoms with Crippen LogP contribution in [0.5, 0.6) is 0 Å². The summed E-state index contributed by atoms with van der Waals surface area (Å²) < 4.78 is 49.2. The molecule has 0 spiro atoms. The molecule has 0 bridgehead atoms. The van der Waals surface area contributed by atoms with E-state index in [1.807, 2.05) is 0 Å². The van der Waals surface area contributed by atoms with Crippen LogP contribution in [0.25, 0.3) is 0 Å². The quantitative estimate of drug-likeness (QED) is 0.681. The molecule has 6 nitrogen and oxygen atoms in total. The van der Waals surface area contributed by atoms with Crippen LogP contribution in [0.3, 0.4) is 0 Å². The molecule has 0 aromatic carbocycles. The summed E-state index contributed by atoms with van der Waals surface area (Å²) in [4.78, 5) is 0. The zero-order valence-corrected chi connectivity index (χ0v) is 11.2. The number of nitrogens with one attached hydrogen (secondary N) is 2. The Morgan fingerprint density at radius 2 is 1.76 bits per heavy atom. The van der Waals surface area contributed by atoms with Gasteiger partial charge in [-0.05, 0) is 25.8 Å². The van der Waals surface area contributed by atoms with Crippen molar-refractivity contribution in [3.8, 4) is 0 Å². The van der Waals surface area contributed by atoms with E-state index >= 15 is 0 Å². The maximum Gasteiger partial charge on any atom is 0.214 e. The molecular weight excluding hydrogens is 264 g/mol. The van der Waals surface area contributed by atoms with Gasteiger partial charge >= 0.3 is 0 Å². The van der Waals surface area contributed by atoms with Crippen molar-refractivity contribution in [3.63, 3.8) is 0 Å². The molecule has 0 aromatic heterocycles. The topological polar surface area (TPSA) is 92.3 Å². The molecule has 100 valence electrons. The number of rotatable bonds is 3. The molecule has 0 aromatic rings. The van der Waals surface area contributed by atoms with Crippen molar-refractivity contribution in [2.24, 2.45) is 0 Å². The van der Waals surface area contributed by atoms with Crippen molar-refractivity contribution in [2.75, 3.05) is 24.6 Å². The Kier molecular flexibility index (Phi) is 3.77. The van der Waals surface area contributed by atoms with Crippen LogP contribution >= 0.6 is 0 Å². The molecule has 0 saturated carbocycles. The van der Waals surface area contributed by atoms with Crippen molar-refractivity contribution in [1.29, 1.82) is 0 Å². The lowest BCUT2D eigenvalue weighted by molar-refractivity contribution is 0.529. The monoisotopic (exact) mass is 282 g/mol. The molecule has 2 saturated heterocycles. The molecule has 0 radical (unpaired) electrons. The second-order valence-electron chi connectivity index (χ2n) is 4.70. The molecule has 8 heteroatoms. The number of sulfonamides is 1. The van der Waals surface area contributed by atoms with Crippen LogP contribution in [0.15, 0.2) is 0 Å². The fraction of sp³-hybridized carbons (Fsp3) is 1.00. The Labute approximate surface area is 102 Å². The summed E-state index contributed by atoms with van der Waals surface area (Å²) in [6, 6.07) is -0.0430. The van der Waals surface area contributed by atoms with Crippen molar-refractivity contribution in [3.05, 3.63) is 0 Å². The van der Waals surface area contributed by atoms with Crippen LogP contribution in [-0.4, -0.2) is 52.7 Å². The first-order chi connectivity index (χ1) is 7.89. The van der Waals surface area contributed by atoms with Crippen LogP contribution in [0.4, 0.5) is 0 Å². The number of hydrogen-bond donors (Lipinski definition) is 2. The third-order valence-electron chi connectivity index (χ3n) is 3.33. The van der Waals surface area contributed by atoms with Gasteiger partial charge in [0.25, 0.3) is 0 Å². The molecule has 2 heterocycles. The molecule has 2 fully saturated rings. The van der Waals surface area contributed by atoms with Gasteiger partial charge in [0.15, 0.2) is 0 Å². The van der Waals surface area contributed by atoms with Crippen molar-refractivity contribution >= 4 is 19.9 Å². The average Bonchev–Trinajstić information content (AvgIpc) is 2.68. The van der Waals surface area contributed by atoms with Crippen LogP contribution < -0.4 is 10.0 Å². The molecular formula is C9H18N2O4S2. The fourth-order valence-corrected chi connectivity index (χ4v) is 5.77. The molecule has 2 rings (SSSR count). The Hall–Kier alpha value is -0.180. The molecule has 17 heavy (non-hydrogen) atoms. The van der Waals surface area contributed by atoms with Crippen LogP contribution in [0.2, 0.25) is 0 Å². The van der Waals surface area contributed by atoms with Gasteiger partial charge in [0.1, 0.15) is 9.84 Å². The Balaban J connectivity index is 1.96. The standard InChI is InChI=1S/C9H18N2O4S2/c12-16(13)5-2-9(3-6-16)17(14,15)11-8-1-4-10-7-8/h8-11H,1-7H2. The second-order valence-corrected chi connectivity index (χ2v) is 9.00. The van der Waals surface area contributed by atoms with Gasteiger partial charge < -0.3 is 5.32 Å². The zero-order valence-electron chi connectivity index (χ0n) is 9.55. The van der Waals surface area contributed by atoms with Gasteiger partial charge in [-0.1, -0.05) is 0 Å². The highest BCUT2D eigenvalue weighted by molar-refractivity contribution is 7.92. The van der Waals surface area contributed by atoms with Crippen molar-refractivity contribution in [2.45, 2.75) is 30.6 Å². The van der Waals surface area contributed by atoms with E-state index in [-0.39, 0.29) is 30.4 Å². The van der Waals surface area contributed by atoms with E-state index in [4.69, 9.17) is 0 Å². The highest BCUT2D eigenvalue weighted by atomic mass is 32.2. The Bertz CT molecular complexity index is 451. The third-order valence-corrected chi connectivity index (χ3v) is 7.06. The van der Waals surface area contributed by atoms with E-state index in [1.54, 1.807) is 0 Å². The summed E-state index contributed by atoms with van der Waals surface area (Å²) in [5.41, 5.74) is 0. The Morgan fingerprint density at radius 1 is 1.12 bits per heavy atom. The number of hydrogen-bond acceptors (Lipinski definition) is 5. The first-order valence-electron chi connectivity index (χ1n) is 5.81. The second kappa shape index (κ2) is 4.83. The van der Waals surface area contributed by atoms with Gasteiger partial charge in [0.2, 0.25) is 10.0 Å². The predicted octanol–water partition coefficient (Wildman–Crippen LogP) is -1.16. The van der Waals surface area contributed by atoms with Gasteiger partial charge in [-0.25, -0.2) is 21.6 Å². The van der Waals surface area contributed by atoms with E-state index in [1.165, 1.54) is 0 Å². The maximum absolute atomic E-state index is 12.0. The first-order valence-corrected chi connectivity index (χ1v) is 9.18. The normalized spacial score (nSPS) is 30.5. The van der Waals surface area contributed by atoms with Crippen LogP contribution in [0.1, 0.15) is 19.3 Å². The molecule has 1 atom stereocenters. The highest BCUT2D eigenvalue weighted by Crippen LogP contribution is 2.19.